The number of likely N-dealkylation sites (tertiary alicyclic amines) is 1. The molecule has 1 aromatic rings. The van der Waals surface area contributed by atoms with Gasteiger partial charge in [-0.15, -0.1) is 24.0 Å². The smallest absolute Gasteiger partial charge is 0.308 e. The molecule has 1 aliphatic heterocycles. The minimum Gasteiger partial charge on any atom is -0.487 e. The first kappa shape index (κ1) is 22.8. The van der Waals surface area contributed by atoms with Crippen LogP contribution in [0, 0.1) is 5.92 Å². The maximum absolute atomic E-state index is 11.6. The van der Waals surface area contributed by atoms with Gasteiger partial charge in [0.05, 0.1) is 24.6 Å². The van der Waals surface area contributed by atoms with Gasteiger partial charge < -0.3 is 19.7 Å². The Labute approximate surface area is 177 Å². The molecule has 1 aromatic carbocycles. The molecule has 0 amide bonds. The molecule has 1 saturated heterocycles. The highest BCUT2D eigenvalue weighted by Gasteiger charge is 2.27. The largest absolute Gasteiger partial charge is 0.487 e. The Kier molecular flexibility index (Phi) is 10.1. The summed E-state index contributed by atoms with van der Waals surface area (Å²) in [4.78, 5) is 18.1. The molecule has 0 aliphatic carbocycles. The molecule has 26 heavy (non-hydrogen) atoms. The number of para-hydroxylation sites is 1. The van der Waals surface area contributed by atoms with Crippen molar-refractivity contribution in [2.45, 2.75) is 25.9 Å². The van der Waals surface area contributed by atoms with Gasteiger partial charge >= 0.3 is 5.97 Å². The number of benzene rings is 1. The SMILES string of the molecule is CN=C(NCC(C)Oc1ccccc1Cl)N1CCC(C(=O)OC)CC1.I. The first-order valence-corrected chi connectivity index (χ1v) is 8.87. The molecule has 146 valence electrons. The molecule has 0 bridgehead atoms. The lowest BCUT2D eigenvalue weighted by Gasteiger charge is -2.33. The molecule has 8 heteroatoms. The van der Waals surface area contributed by atoms with E-state index in [1.165, 1.54) is 7.11 Å². The minimum atomic E-state index is -0.121. The number of methoxy groups -OCH3 is 1. The van der Waals surface area contributed by atoms with E-state index in [2.05, 4.69) is 15.2 Å². The number of carbonyl (C=O) groups is 1. The maximum atomic E-state index is 11.6. The zero-order chi connectivity index (χ0) is 18.2. The van der Waals surface area contributed by atoms with Crippen molar-refractivity contribution in [2.24, 2.45) is 10.9 Å². The number of aliphatic imine (C=N–C) groups is 1. The Hall–Kier alpha value is -1.22. The van der Waals surface area contributed by atoms with E-state index in [0.29, 0.717) is 17.3 Å². The van der Waals surface area contributed by atoms with Crippen LogP contribution in [0.3, 0.4) is 0 Å². The highest BCUT2D eigenvalue weighted by Crippen LogP contribution is 2.24. The average molecular weight is 496 g/mol. The van der Waals surface area contributed by atoms with Gasteiger partial charge in [0, 0.05) is 20.1 Å². The normalized spacial score (nSPS) is 16.5. The lowest BCUT2D eigenvalue weighted by Crippen LogP contribution is -2.48. The van der Waals surface area contributed by atoms with Crippen molar-refractivity contribution in [2.75, 3.05) is 33.8 Å². The number of carbonyl (C=O) groups excluding carboxylic acids is 1. The first-order chi connectivity index (χ1) is 12.0. The van der Waals surface area contributed by atoms with Crippen LogP contribution >= 0.6 is 35.6 Å². The molecule has 1 atom stereocenters. The van der Waals surface area contributed by atoms with E-state index in [1.54, 1.807) is 13.1 Å². The lowest BCUT2D eigenvalue weighted by molar-refractivity contribution is -0.146. The summed E-state index contributed by atoms with van der Waals surface area (Å²) in [6.45, 7) is 4.14. The van der Waals surface area contributed by atoms with Crippen molar-refractivity contribution in [3.8, 4) is 5.75 Å². The Balaban J connectivity index is 0.00000338. The number of halogens is 2. The third-order valence-corrected chi connectivity index (χ3v) is 4.57. The van der Waals surface area contributed by atoms with Crippen LogP contribution in [-0.2, 0) is 9.53 Å². The summed E-state index contributed by atoms with van der Waals surface area (Å²) < 4.78 is 10.7. The highest BCUT2D eigenvalue weighted by molar-refractivity contribution is 14.0. The zero-order valence-corrected chi connectivity index (χ0v) is 18.5. The number of nitrogens with one attached hydrogen (secondary N) is 1. The number of ether oxygens (including phenoxy) is 2. The number of nitrogens with zero attached hydrogens (tertiary/aromatic N) is 2. The Morgan fingerprint density at radius 2 is 2.04 bits per heavy atom. The van der Waals surface area contributed by atoms with Crippen LogP contribution in [-0.4, -0.2) is 56.7 Å². The van der Waals surface area contributed by atoms with Crippen LogP contribution in [0.15, 0.2) is 29.3 Å². The maximum Gasteiger partial charge on any atom is 0.308 e. The molecule has 0 saturated carbocycles. The van der Waals surface area contributed by atoms with Gasteiger partial charge in [0.2, 0.25) is 0 Å². The summed E-state index contributed by atoms with van der Waals surface area (Å²) in [5.41, 5.74) is 0. The standard InChI is InChI=1S/C18H26ClN3O3.HI/c1-13(25-16-7-5-4-6-15(16)19)12-21-18(20-2)22-10-8-14(9-11-22)17(23)24-3;/h4-7,13-14H,8-12H2,1-3H3,(H,20,21);1H. The molecule has 0 aromatic heterocycles. The van der Waals surface area contributed by atoms with Crippen molar-refractivity contribution in [1.82, 2.24) is 10.2 Å². The predicted octanol–water partition coefficient (Wildman–Crippen LogP) is 3.19. The van der Waals surface area contributed by atoms with Crippen LogP contribution in [0.25, 0.3) is 0 Å². The molecule has 1 fully saturated rings. The van der Waals surface area contributed by atoms with Gasteiger partial charge in [0.1, 0.15) is 11.9 Å². The van der Waals surface area contributed by atoms with Crippen molar-refractivity contribution in [3.63, 3.8) is 0 Å². The molecule has 6 nitrogen and oxygen atoms in total. The summed E-state index contributed by atoms with van der Waals surface area (Å²) in [5, 5.41) is 3.93. The van der Waals surface area contributed by atoms with E-state index in [0.717, 1.165) is 31.9 Å². The van der Waals surface area contributed by atoms with Crippen LogP contribution in [0.1, 0.15) is 19.8 Å². The van der Waals surface area contributed by atoms with E-state index in [9.17, 15) is 4.79 Å². The Morgan fingerprint density at radius 1 is 1.38 bits per heavy atom. The average Bonchev–Trinajstić information content (AvgIpc) is 2.64. The van der Waals surface area contributed by atoms with Crippen LogP contribution < -0.4 is 10.1 Å². The summed E-state index contributed by atoms with van der Waals surface area (Å²) in [5.74, 6) is 1.36. The summed E-state index contributed by atoms with van der Waals surface area (Å²) >= 11 is 6.12. The molecule has 0 spiro atoms. The molecule has 1 aliphatic rings. The van der Waals surface area contributed by atoms with Crippen molar-refractivity contribution in [1.29, 1.82) is 0 Å². The van der Waals surface area contributed by atoms with Gasteiger partial charge in [-0.3, -0.25) is 9.79 Å². The first-order valence-electron chi connectivity index (χ1n) is 8.49. The fourth-order valence-corrected chi connectivity index (χ4v) is 3.04. The third-order valence-electron chi connectivity index (χ3n) is 4.25. The number of piperidine rings is 1. The van der Waals surface area contributed by atoms with Gasteiger partial charge in [-0.25, -0.2) is 0 Å². The van der Waals surface area contributed by atoms with Gasteiger partial charge in [-0.2, -0.15) is 0 Å². The van der Waals surface area contributed by atoms with Gasteiger partial charge in [-0.1, -0.05) is 23.7 Å². The molecular formula is C18H27ClIN3O3. The molecule has 2 rings (SSSR count). The highest BCUT2D eigenvalue weighted by atomic mass is 127. The fourth-order valence-electron chi connectivity index (χ4n) is 2.86. The van der Waals surface area contributed by atoms with Gasteiger partial charge in [0.15, 0.2) is 5.96 Å². The molecule has 1 N–H and O–H groups in total. The second-order valence-electron chi connectivity index (χ2n) is 6.07. The molecule has 0 radical (unpaired) electrons. The van der Waals surface area contributed by atoms with Crippen LogP contribution in [0.2, 0.25) is 5.02 Å². The van der Waals surface area contributed by atoms with Crippen molar-refractivity contribution in [3.05, 3.63) is 29.3 Å². The van der Waals surface area contributed by atoms with Crippen LogP contribution in [0.5, 0.6) is 5.75 Å². The second-order valence-corrected chi connectivity index (χ2v) is 6.48. The van der Waals surface area contributed by atoms with E-state index in [4.69, 9.17) is 21.1 Å². The monoisotopic (exact) mass is 495 g/mol. The summed E-state index contributed by atoms with van der Waals surface area (Å²) in [7, 11) is 3.20. The topological polar surface area (TPSA) is 63.2 Å². The number of guanidine groups is 1. The predicted molar refractivity (Wildman–Crippen MR) is 115 cm³/mol. The number of esters is 1. The number of rotatable bonds is 5. The number of hydrogen-bond acceptors (Lipinski definition) is 4. The van der Waals surface area contributed by atoms with E-state index in [1.807, 2.05) is 25.1 Å². The summed E-state index contributed by atoms with van der Waals surface area (Å²) in [6.07, 6.45) is 1.49. The zero-order valence-electron chi connectivity index (χ0n) is 15.4. The number of hydrogen-bond donors (Lipinski definition) is 1. The quantitative estimate of drug-likeness (QED) is 0.294. The third kappa shape index (κ3) is 6.50. The van der Waals surface area contributed by atoms with Gasteiger partial charge in [-0.05, 0) is 31.9 Å². The van der Waals surface area contributed by atoms with E-state index in [-0.39, 0.29) is 42.0 Å². The lowest BCUT2D eigenvalue weighted by atomic mass is 9.97. The van der Waals surface area contributed by atoms with Gasteiger partial charge in [0.25, 0.3) is 0 Å². The van der Waals surface area contributed by atoms with Crippen LogP contribution in [0.4, 0.5) is 0 Å². The molecule has 1 heterocycles. The van der Waals surface area contributed by atoms with E-state index < -0.39 is 0 Å². The summed E-state index contributed by atoms with van der Waals surface area (Å²) in [6, 6.07) is 7.43. The van der Waals surface area contributed by atoms with Crippen molar-refractivity contribution < 1.29 is 14.3 Å². The van der Waals surface area contributed by atoms with Crippen molar-refractivity contribution >= 4 is 47.5 Å². The molecule has 1 unspecified atom stereocenters. The molecular weight excluding hydrogens is 469 g/mol. The fraction of sp³-hybridized carbons (Fsp3) is 0.556. The Bertz CT molecular complexity index is 607. The minimum absolute atomic E-state index is 0. The Morgan fingerprint density at radius 3 is 2.62 bits per heavy atom. The van der Waals surface area contributed by atoms with E-state index >= 15 is 0 Å². The second kappa shape index (κ2) is 11.5.